The number of aromatic nitrogens is 1. The molecule has 2 rings (SSSR count). The molecule has 0 radical (unpaired) electrons. The number of rotatable bonds is 2. The predicted octanol–water partition coefficient (Wildman–Crippen LogP) is 2.89. The molecular formula is C14H20ClN3O. The topological polar surface area (TPSA) is 45.2 Å². The molecule has 1 fully saturated rings. The normalized spacial score (nSPS) is 23.3. The van der Waals surface area contributed by atoms with Crippen LogP contribution in [0.15, 0.2) is 12.1 Å². The van der Waals surface area contributed by atoms with Crippen LogP contribution in [0.25, 0.3) is 0 Å². The summed E-state index contributed by atoms with van der Waals surface area (Å²) in [5, 5.41) is 3.26. The van der Waals surface area contributed by atoms with Crippen LogP contribution in [0.4, 0.5) is 5.82 Å². The van der Waals surface area contributed by atoms with Gasteiger partial charge >= 0.3 is 0 Å². The minimum atomic E-state index is 0.0409. The zero-order chi connectivity index (χ0) is 14.0. The van der Waals surface area contributed by atoms with Crippen molar-refractivity contribution in [3.05, 3.63) is 22.8 Å². The smallest absolute Gasteiger partial charge is 0.254 e. The van der Waals surface area contributed by atoms with Gasteiger partial charge in [-0.25, -0.2) is 4.98 Å². The van der Waals surface area contributed by atoms with Gasteiger partial charge in [0.15, 0.2) is 0 Å². The van der Waals surface area contributed by atoms with E-state index < -0.39 is 0 Å². The molecule has 0 spiro atoms. The molecule has 1 aromatic rings. The van der Waals surface area contributed by atoms with Crippen molar-refractivity contribution < 1.29 is 4.79 Å². The minimum absolute atomic E-state index is 0.0409. The number of pyridine rings is 1. The SMILES string of the molecule is CNc1cc(C(=O)N2CC(C)CC(C)C2)cc(Cl)n1. The molecule has 4 nitrogen and oxygen atoms in total. The summed E-state index contributed by atoms with van der Waals surface area (Å²) < 4.78 is 0. The average molecular weight is 282 g/mol. The molecule has 2 heterocycles. The first-order valence-electron chi connectivity index (χ1n) is 6.64. The maximum atomic E-state index is 12.5. The maximum Gasteiger partial charge on any atom is 0.254 e. The third-order valence-electron chi connectivity index (χ3n) is 3.45. The standard InChI is InChI=1S/C14H20ClN3O/c1-9-4-10(2)8-18(7-9)14(19)11-5-12(15)17-13(6-11)16-3/h5-6,9-10H,4,7-8H2,1-3H3,(H,16,17). The van der Waals surface area contributed by atoms with Crippen LogP contribution < -0.4 is 5.32 Å². The highest BCUT2D eigenvalue weighted by atomic mass is 35.5. The van der Waals surface area contributed by atoms with Crippen LogP contribution in [-0.2, 0) is 0 Å². The van der Waals surface area contributed by atoms with Crippen molar-refractivity contribution in [3.63, 3.8) is 0 Å². The number of amides is 1. The van der Waals surface area contributed by atoms with Gasteiger partial charge in [-0.2, -0.15) is 0 Å². The third-order valence-corrected chi connectivity index (χ3v) is 3.65. The molecule has 0 saturated carbocycles. The van der Waals surface area contributed by atoms with Crippen molar-refractivity contribution in [2.75, 3.05) is 25.5 Å². The molecule has 5 heteroatoms. The van der Waals surface area contributed by atoms with E-state index in [1.54, 1.807) is 19.2 Å². The number of anilines is 1. The molecule has 0 bridgehead atoms. The number of carbonyl (C=O) groups excluding carboxylic acids is 1. The van der Waals surface area contributed by atoms with Crippen LogP contribution in [0, 0.1) is 11.8 Å². The van der Waals surface area contributed by atoms with Crippen molar-refractivity contribution in [3.8, 4) is 0 Å². The first kappa shape index (κ1) is 14.1. The molecule has 2 unspecified atom stereocenters. The number of carbonyl (C=O) groups is 1. The van der Waals surface area contributed by atoms with E-state index in [4.69, 9.17) is 11.6 Å². The van der Waals surface area contributed by atoms with E-state index in [1.165, 1.54) is 6.42 Å². The minimum Gasteiger partial charge on any atom is -0.373 e. The van der Waals surface area contributed by atoms with Gasteiger partial charge in [0.25, 0.3) is 5.91 Å². The molecule has 0 aromatic carbocycles. The lowest BCUT2D eigenvalue weighted by molar-refractivity contribution is 0.0623. The number of hydrogen-bond donors (Lipinski definition) is 1. The largest absolute Gasteiger partial charge is 0.373 e. The van der Waals surface area contributed by atoms with E-state index in [-0.39, 0.29) is 5.91 Å². The third kappa shape index (κ3) is 3.38. The van der Waals surface area contributed by atoms with Crippen molar-refractivity contribution in [1.82, 2.24) is 9.88 Å². The molecule has 1 N–H and O–H groups in total. The second-order valence-corrected chi connectivity index (χ2v) is 5.86. The molecule has 19 heavy (non-hydrogen) atoms. The summed E-state index contributed by atoms with van der Waals surface area (Å²) in [6.45, 7) is 6.01. The van der Waals surface area contributed by atoms with Gasteiger partial charge in [-0.3, -0.25) is 4.79 Å². The van der Waals surface area contributed by atoms with Gasteiger partial charge in [0.05, 0.1) is 0 Å². The molecule has 1 aliphatic heterocycles. The number of piperidine rings is 1. The Morgan fingerprint density at radius 2 is 2.00 bits per heavy atom. The average Bonchev–Trinajstić information content (AvgIpc) is 2.35. The Hall–Kier alpha value is -1.29. The first-order chi connectivity index (χ1) is 8.99. The van der Waals surface area contributed by atoms with Crippen LogP contribution in [0.1, 0.15) is 30.6 Å². The number of hydrogen-bond acceptors (Lipinski definition) is 3. The Bertz CT molecular complexity index is 468. The molecule has 1 aliphatic rings. The molecule has 1 amide bonds. The summed E-state index contributed by atoms with van der Waals surface area (Å²) in [4.78, 5) is 18.5. The van der Waals surface area contributed by atoms with Crippen molar-refractivity contribution in [1.29, 1.82) is 0 Å². The summed E-state index contributed by atoms with van der Waals surface area (Å²) in [7, 11) is 1.76. The van der Waals surface area contributed by atoms with Gasteiger partial charge in [-0.15, -0.1) is 0 Å². The lowest BCUT2D eigenvalue weighted by Gasteiger charge is -2.35. The predicted molar refractivity (Wildman–Crippen MR) is 77.6 cm³/mol. The summed E-state index contributed by atoms with van der Waals surface area (Å²) in [6.07, 6.45) is 1.18. The fraction of sp³-hybridized carbons (Fsp3) is 0.571. The van der Waals surface area contributed by atoms with E-state index in [0.29, 0.717) is 28.4 Å². The quantitative estimate of drug-likeness (QED) is 0.848. The van der Waals surface area contributed by atoms with Gasteiger partial charge in [-0.05, 0) is 30.4 Å². The number of halogens is 1. The van der Waals surface area contributed by atoms with Crippen LogP contribution in [0.2, 0.25) is 5.15 Å². The van der Waals surface area contributed by atoms with Crippen LogP contribution in [0.3, 0.4) is 0 Å². The monoisotopic (exact) mass is 281 g/mol. The summed E-state index contributed by atoms with van der Waals surface area (Å²) in [5.74, 6) is 1.76. The Morgan fingerprint density at radius 1 is 1.37 bits per heavy atom. The van der Waals surface area contributed by atoms with Crippen LogP contribution in [0.5, 0.6) is 0 Å². The van der Waals surface area contributed by atoms with Crippen LogP contribution >= 0.6 is 11.6 Å². The Labute approximate surface area is 119 Å². The Morgan fingerprint density at radius 3 is 2.58 bits per heavy atom. The Kier molecular flexibility index (Phi) is 4.30. The highest BCUT2D eigenvalue weighted by Crippen LogP contribution is 2.23. The van der Waals surface area contributed by atoms with Crippen LogP contribution in [-0.4, -0.2) is 35.9 Å². The first-order valence-corrected chi connectivity index (χ1v) is 7.02. The molecular weight excluding hydrogens is 262 g/mol. The van der Waals surface area contributed by atoms with Crippen molar-refractivity contribution >= 4 is 23.3 Å². The zero-order valence-electron chi connectivity index (χ0n) is 11.6. The number of likely N-dealkylation sites (tertiary alicyclic amines) is 1. The highest BCUT2D eigenvalue weighted by molar-refractivity contribution is 6.29. The van der Waals surface area contributed by atoms with Gasteiger partial charge in [0.2, 0.25) is 0 Å². The van der Waals surface area contributed by atoms with E-state index >= 15 is 0 Å². The fourth-order valence-electron chi connectivity index (χ4n) is 2.76. The molecule has 1 saturated heterocycles. The lowest BCUT2D eigenvalue weighted by Crippen LogP contribution is -2.42. The summed E-state index contributed by atoms with van der Waals surface area (Å²) in [5.41, 5.74) is 0.602. The zero-order valence-corrected chi connectivity index (χ0v) is 12.4. The van der Waals surface area contributed by atoms with Crippen molar-refractivity contribution in [2.45, 2.75) is 20.3 Å². The fourth-order valence-corrected chi connectivity index (χ4v) is 2.97. The Balaban J connectivity index is 2.21. The van der Waals surface area contributed by atoms with Crippen molar-refractivity contribution in [2.24, 2.45) is 11.8 Å². The van der Waals surface area contributed by atoms with E-state index in [1.807, 2.05) is 4.90 Å². The molecule has 1 aromatic heterocycles. The summed E-state index contributed by atoms with van der Waals surface area (Å²) in [6, 6.07) is 3.38. The lowest BCUT2D eigenvalue weighted by atomic mass is 9.91. The van der Waals surface area contributed by atoms with E-state index in [9.17, 15) is 4.79 Å². The summed E-state index contributed by atoms with van der Waals surface area (Å²) >= 11 is 5.95. The number of nitrogens with zero attached hydrogens (tertiary/aromatic N) is 2. The number of nitrogens with one attached hydrogen (secondary N) is 1. The van der Waals surface area contributed by atoms with Gasteiger partial charge < -0.3 is 10.2 Å². The highest BCUT2D eigenvalue weighted by Gasteiger charge is 2.26. The molecule has 2 atom stereocenters. The molecule has 0 aliphatic carbocycles. The molecule has 104 valence electrons. The van der Waals surface area contributed by atoms with E-state index in [2.05, 4.69) is 24.1 Å². The maximum absolute atomic E-state index is 12.5. The second kappa shape index (κ2) is 5.78. The second-order valence-electron chi connectivity index (χ2n) is 5.47. The van der Waals surface area contributed by atoms with Gasteiger partial charge in [-0.1, -0.05) is 25.4 Å². The van der Waals surface area contributed by atoms with Gasteiger partial charge in [0.1, 0.15) is 11.0 Å². The van der Waals surface area contributed by atoms with Gasteiger partial charge in [0, 0.05) is 25.7 Å². The van der Waals surface area contributed by atoms with E-state index in [0.717, 1.165) is 13.1 Å².